The van der Waals surface area contributed by atoms with Gasteiger partial charge >= 0.3 is 13.6 Å². The highest BCUT2D eigenvalue weighted by Gasteiger charge is 2.27. The number of aryl methyl sites for hydroxylation is 1. The molecule has 0 saturated heterocycles. The molecule has 0 aliphatic heterocycles. The van der Waals surface area contributed by atoms with Gasteiger partial charge in [0.2, 0.25) is 0 Å². The summed E-state index contributed by atoms with van der Waals surface area (Å²) in [6, 6.07) is 5.76. The zero-order valence-electron chi connectivity index (χ0n) is 17.0. The maximum Gasteiger partial charge on any atom is 0.331 e. The Balaban J connectivity index is 2.78. The van der Waals surface area contributed by atoms with E-state index in [1.807, 2.05) is 39.0 Å². The number of carbonyl (C=O) groups excluding carboxylic acids is 1. The number of hydrogen-bond acceptors (Lipinski definition) is 5. The summed E-state index contributed by atoms with van der Waals surface area (Å²) in [7, 11) is -3.26. The van der Waals surface area contributed by atoms with Gasteiger partial charge in [-0.25, -0.2) is 0 Å². The van der Waals surface area contributed by atoms with Gasteiger partial charge in [0.15, 0.2) is 0 Å². The van der Waals surface area contributed by atoms with Gasteiger partial charge in [0.05, 0.1) is 25.8 Å². The number of carbonyl (C=O) groups is 1. The van der Waals surface area contributed by atoms with Gasteiger partial charge in [-0.1, -0.05) is 52.3 Å². The summed E-state index contributed by atoms with van der Waals surface area (Å²) in [6.07, 6.45) is 1.50. The van der Waals surface area contributed by atoms with Crippen molar-refractivity contribution in [3.8, 4) is 5.75 Å². The Kier molecular flexibility index (Phi) is 9.02. The summed E-state index contributed by atoms with van der Waals surface area (Å²) in [6.45, 7) is 12.8. The zero-order chi connectivity index (χ0) is 19.8. The smallest absolute Gasteiger partial charge is 0.331 e. The van der Waals surface area contributed by atoms with E-state index < -0.39 is 13.6 Å². The Morgan fingerprint density at radius 1 is 1.08 bits per heavy atom. The van der Waals surface area contributed by atoms with Gasteiger partial charge in [0.1, 0.15) is 5.75 Å². The van der Waals surface area contributed by atoms with Crippen LogP contribution in [0.15, 0.2) is 18.2 Å². The molecule has 0 radical (unpaired) electrons. The number of ether oxygens (including phenoxy) is 1. The first-order chi connectivity index (χ1) is 12.1. The van der Waals surface area contributed by atoms with Crippen LogP contribution in [0.2, 0.25) is 0 Å². The summed E-state index contributed by atoms with van der Waals surface area (Å²) in [5, 5.41) is 0. The Morgan fingerprint density at radius 2 is 1.65 bits per heavy atom. The Morgan fingerprint density at radius 3 is 2.15 bits per heavy atom. The largest absolute Gasteiger partial charge is 0.426 e. The van der Waals surface area contributed by atoms with Crippen LogP contribution in [0.4, 0.5) is 0 Å². The summed E-state index contributed by atoms with van der Waals surface area (Å²) < 4.78 is 29.1. The first kappa shape index (κ1) is 22.9. The van der Waals surface area contributed by atoms with Crippen LogP contribution in [0.3, 0.4) is 0 Å². The lowest BCUT2D eigenvalue weighted by atomic mass is 9.85. The van der Waals surface area contributed by atoms with Crippen LogP contribution >= 0.6 is 7.60 Å². The number of hydrogen-bond donors (Lipinski definition) is 0. The third-order valence-corrected chi connectivity index (χ3v) is 5.66. The van der Waals surface area contributed by atoms with Gasteiger partial charge in [0, 0.05) is 5.56 Å². The Hall–Kier alpha value is -1.16. The molecule has 0 aliphatic rings. The molecule has 0 amide bonds. The van der Waals surface area contributed by atoms with Crippen molar-refractivity contribution < 1.29 is 23.1 Å². The van der Waals surface area contributed by atoms with Crippen molar-refractivity contribution in [2.75, 3.05) is 19.4 Å². The molecule has 148 valence electrons. The second-order valence-electron chi connectivity index (χ2n) is 7.47. The molecule has 1 aromatic carbocycles. The molecular weight excluding hydrogens is 351 g/mol. The molecule has 0 aromatic heterocycles. The minimum atomic E-state index is -3.26. The number of esters is 1. The molecule has 26 heavy (non-hydrogen) atoms. The fourth-order valence-corrected chi connectivity index (χ4v) is 4.06. The van der Waals surface area contributed by atoms with Crippen molar-refractivity contribution in [3.05, 3.63) is 29.3 Å². The average Bonchev–Trinajstić information content (AvgIpc) is 2.57. The predicted molar refractivity (Wildman–Crippen MR) is 105 cm³/mol. The van der Waals surface area contributed by atoms with Crippen molar-refractivity contribution in [1.82, 2.24) is 0 Å². The Labute approximate surface area is 158 Å². The highest BCUT2D eigenvalue weighted by atomic mass is 31.2. The van der Waals surface area contributed by atoms with Crippen LogP contribution in [0.25, 0.3) is 0 Å². The van der Waals surface area contributed by atoms with Crippen LogP contribution < -0.4 is 4.74 Å². The third kappa shape index (κ3) is 7.61. The van der Waals surface area contributed by atoms with Crippen molar-refractivity contribution in [2.24, 2.45) is 0 Å². The minimum Gasteiger partial charge on any atom is -0.426 e. The van der Waals surface area contributed by atoms with Crippen LogP contribution in [0, 0.1) is 6.92 Å². The lowest BCUT2D eigenvalue weighted by Crippen LogP contribution is -2.17. The molecule has 0 N–H and O–H groups in total. The summed E-state index contributed by atoms with van der Waals surface area (Å²) in [5.41, 5.74) is 1.93. The summed E-state index contributed by atoms with van der Waals surface area (Å²) in [5.74, 6) is 0.117. The van der Waals surface area contributed by atoms with E-state index in [4.69, 9.17) is 13.8 Å². The highest BCUT2D eigenvalue weighted by Crippen LogP contribution is 2.49. The molecule has 6 heteroatoms. The second kappa shape index (κ2) is 10.2. The van der Waals surface area contributed by atoms with E-state index in [1.165, 1.54) is 0 Å². The molecule has 0 aliphatic carbocycles. The van der Waals surface area contributed by atoms with E-state index in [1.54, 1.807) is 0 Å². The Bertz CT molecular complexity index is 622. The van der Waals surface area contributed by atoms with Gasteiger partial charge in [-0.15, -0.1) is 0 Å². The standard InChI is InChI=1S/C20H33O5P/c1-7-12-23-26(22,24-13-8-2)14-11-19(21)25-18-10-9-16(3)15-17(18)20(4,5)6/h9-10,15H,7-8,11-14H2,1-6H3. The number of rotatable bonds is 10. The van der Waals surface area contributed by atoms with Gasteiger partial charge in [-0.3, -0.25) is 9.36 Å². The first-order valence-electron chi connectivity index (χ1n) is 9.31. The monoisotopic (exact) mass is 384 g/mol. The van der Waals surface area contributed by atoms with Crippen molar-refractivity contribution >= 4 is 13.6 Å². The van der Waals surface area contributed by atoms with Crippen LogP contribution in [-0.4, -0.2) is 25.3 Å². The van der Waals surface area contributed by atoms with Crippen LogP contribution in [-0.2, 0) is 23.8 Å². The van der Waals surface area contributed by atoms with Gasteiger partial charge in [-0.05, 0) is 31.2 Å². The molecule has 0 atom stereocenters. The molecule has 0 saturated carbocycles. The SMILES string of the molecule is CCCOP(=O)(CCC(=O)Oc1ccc(C)cc1C(C)(C)C)OCCC. The van der Waals surface area contributed by atoms with E-state index >= 15 is 0 Å². The number of benzene rings is 1. The van der Waals surface area contributed by atoms with Crippen LogP contribution in [0.5, 0.6) is 5.75 Å². The van der Waals surface area contributed by atoms with Crippen molar-refractivity contribution in [3.63, 3.8) is 0 Å². The molecule has 1 rings (SSSR count). The summed E-state index contributed by atoms with van der Waals surface area (Å²) >= 11 is 0. The first-order valence-corrected chi connectivity index (χ1v) is 11.0. The van der Waals surface area contributed by atoms with E-state index in [0.717, 1.165) is 24.0 Å². The topological polar surface area (TPSA) is 61.8 Å². The van der Waals surface area contributed by atoms with E-state index in [2.05, 4.69) is 20.8 Å². The van der Waals surface area contributed by atoms with E-state index in [-0.39, 0.29) is 18.0 Å². The van der Waals surface area contributed by atoms with Crippen molar-refractivity contribution in [2.45, 2.75) is 66.2 Å². The quantitative estimate of drug-likeness (QED) is 0.297. The predicted octanol–water partition coefficient (Wildman–Crippen LogP) is 5.63. The maximum atomic E-state index is 12.7. The molecule has 1 aromatic rings. The van der Waals surface area contributed by atoms with Gasteiger partial charge in [-0.2, -0.15) is 0 Å². The molecule has 0 heterocycles. The lowest BCUT2D eigenvalue weighted by molar-refractivity contribution is -0.134. The fourth-order valence-electron chi connectivity index (χ4n) is 2.35. The second-order valence-corrected chi connectivity index (χ2v) is 9.66. The van der Waals surface area contributed by atoms with E-state index in [0.29, 0.717) is 19.0 Å². The fraction of sp³-hybridized carbons (Fsp3) is 0.650. The normalized spacial score (nSPS) is 12.2. The molecular formula is C20H33O5P. The molecule has 5 nitrogen and oxygen atoms in total. The summed E-state index contributed by atoms with van der Waals surface area (Å²) in [4.78, 5) is 12.3. The van der Waals surface area contributed by atoms with E-state index in [9.17, 15) is 9.36 Å². The van der Waals surface area contributed by atoms with Gasteiger partial charge < -0.3 is 13.8 Å². The average molecular weight is 384 g/mol. The van der Waals surface area contributed by atoms with Crippen molar-refractivity contribution in [1.29, 1.82) is 0 Å². The third-order valence-electron chi connectivity index (χ3n) is 3.74. The molecule has 0 spiro atoms. The molecule has 0 fully saturated rings. The molecule has 0 unspecified atom stereocenters. The van der Waals surface area contributed by atoms with Crippen LogP contribution in [0.1, 0.15) is 65.0 Å². The lowest BCUT2D eigenvalue weighted by Gasteiger charge is -2.23. The maximum absolute atomic E-state index is 12.7. The minimum absolute atomic E-state index is 0.0117. The molecule has 0 bridgehead atoms. The van der Waals surface area contributed by atoms with Gasteiger partial charge in [0.25, 0.3) is 0 Å². The highest BCUT2D eigenvalue weighted by molar-refractivity contribution is 7.53. The zero-order valence-corrected chi connectivity index (χ0v) is 17.9.